The fraction of sp³-hybridized carbons (Fsp3) is 0.875. The first kappa shape index (κ1) is 15.7. The van der Waals surface area contributed by atoms with Gasteiger partial charge in [-0.25, -0.2) is 9.52 Å². The molecule has 0 aliphatic heterocycles. The standard InChI is InChI=1S/C8H17BrN2O4S/c1-4-15-8(12)10-16(13,14)11(6-5-9)7(2)3/h7H,4-6H2,1-3H3,(H,10,12). The molecule has 8 heteroatoms. The lowest BCUT2D eigenvalue weighted by Crippen LogP contribution is -2.47. The van der Waals surface area contributed by atoms with E-state index in [1.54, 1.807) is 20.8 Å². The Balaban J connectivity index is 4.66. The second-order valence-corrected chi connectivity index (χ2v) is 5.64. The minimum absolute atomic E-state index is 0.126. The second-order valence-electron chi connectivity index (χ2n) is 3.22. The molecule has 0 atom stereocenters. The van der Waals surface area contributed by atoms with Crippen LogP contribution in [-0.2, 0) is 14.9 Å². The van der Waals surface area contributed by atoms with Gasteiger partial charge in [0.2, 0.25) is 0 Å². The van der Waals surface area contributed by atoms with Gasteiger partial charge in [0.15, 0.2) is 0 Å². The maximum atomic E-state index is 11.7. The minimum Gasteiger partial charge on any atom is -0.449 e. The lowest BCUT2D eigenvalue weighted by molar-refractivity contribution is 0.158. The zero-order valence-corrected chi connectivity index (χ0v) is 12.0. The number of amides is 1. The van der Waals surface area contributed by atoms with E-state index in [-0.39, 0.29) is 19.2 Å². The Labute approximate surface area is 105 Å². The fourth-order valence-corrected chi connectivity index (χ4v) is 2.95. The van der Waals surface area contributed by atoms with Crippen LogP contribution in [0.15, 0.2) is 0 Å². The lowest BCUT2D eigenvalue weighted by atomic mass is 10.4. The molecule has 1 N–H and O–H groups in total. The van der Waals surface area contributed by atoms with Gasteiger partial charge in [-0.15, -0.1) is 0 Å². The monoisotopic (exact) mass is 316 g/mol. The van der Waals surface area contributed by atoms with Gasteiger partial charge in [0.05, 0.1) is 6.61 Å². The van der Waals surface area contributed by atoms with E-state index in [1.165, 1.54) is 4.31 Å². The van der Waals surface area contributed by atoms with E-state index in [9.17, 15) is 13.2 Å². The first-order valence-corrected chi connectivity index (χ1v) is 7.43. The third kappa shape index (κ3) is 5.13. The molecule has 0 saturated heterocycles. The van der Waals surface area contributed by atoms with Crippen molar-refractivity contribution in [2.75, 3.05) is 18.5 Å². The highest BCUT2D eigenvalue weighted by molar-refractivity contribution is 9.09. The number of hydrogen-bond donors (Lipinski definition) is 1. The molecule has 0 aromatic carbocycles. The maximum absolute atomic E-state index is 11.7. The molecule has 0 heterocycles. The van der Waals surface area contributed by atoms with Gasteiger partial charge in [-0.05, 0) is 20.8 Å². The summed E-state index contributed by atoms with van der Waals surface area (Å²) in [6.07, 6.45) is -0.956. The highest BCUT2D eigenvalue weighted by atomic mass is 79.9. The molecule has 0 rings (SSSR count). The van der Waals surface area contributed by atoms with Crippen molar-refractivity contribution in [1.82, 2.24) is 9.03 Å². The summed E-state index contributed by atoms with van der Waals surface area (Å²) in [6.45, 7) is 5.47. The van der Waals surface area contributed by atoms with E-state index < -0.39 is 16.3 Å². The van der Waals surface area contributed by atoms with Crippen molar-refractivity contribution in [3.05, 3.63) is 0 Å². The van der Waals surface area contributed by atoms with Crippen LogP contribution in [0.3, 0.4) is 0 Å². The first-order chi connectivity index (χ1) is 7.35. The molecule has 0 bridgehead atoms. The summed E-state index contributed by atoms with van der Waals surface area (Å²) in [5.74, 6) is 0. The van der Waals surface area contributed by atoms with E-state index in [1.807, 2.05) is 4.72 Å². The summed E-state index contributed by atoms with van der Waals surface area (Å²) >= 11 is 3.16. The van der Waals surface area contributed by atoms with Crippen LogP contribution in [0.25, 0.3) is 0 Å². The normalized spacial score (nSPS) is 11.9. The molecule has 96 valence electrons. The molecule has 0 aliphatic rings. The van der Waals surface area contributed by atoms with E-state index in [0.717, 1.165) is 0 Å². The van der Waals surface area contributed by atoms with Crippen LogP contribution in [0.4, 0.5) is 4.79 Å². The van der Waals surface area contributed by atoms with Crippen LogP contribution >= 0.6 is 15.9 Å². The third-order valence-electron chi connectivity index (χ3n) is 1.68. The number of rotatable bonds is 6. The number of halogens is 1. The summed E-state index contributed by atoms with van der Waals surface area (Å²) in [5.41, 5.74) is 0. The summed E-state index contributed by atoms with van der Waals surface area (Å²) in [6, 6.07) is -0.232. The number of nitrogens with one attached hydrogen (secondary N) is 1. The minimum atomic E-state index is -3.83. The summed E-state index contributed by atoms with van der Waals surface area (Å²) in [5, 5.41) is 0.495. The summed E-state index contributed by atoms with van der Waals surface area (Å²) in [7, 11) is -3.83. The molecule has 6 nitrogen and oxygen atoms in total. The van der Waals surface area contributed by atoms with E-state index in [2.05, 4.69) is 20.7 Å². The van der Waals surface area contributed by atoms with Gasteiger partial charge in [-0.3, -0.25) is 0 Å². The van der Waals surface area contributed by atoms with Crippen molar-refractivity contribution in [2.45, 2.75) is 26.8 Å². The Morgan fingerprint density at radius 3 is 2.44 bits per heavy atom. The van der Waals surface area contributed by atoms with Crippen LogP contribution < -0.4 is 4.72 Å². The molecule has 0 aromatic rings. The topological polar surface area (TPSA) is 75.7 Å². The van der Waals surface area contributed by atoms with Crippen molar-refractivity contribution in [2.24, 2.45) is 0 Å². The van der Waals surface area contributed by atoms with E-state index in [0.29, 0.717) is 5.33 Å². The Hall–Kier alpha value is -0.340. The zero-order chi connectivity index (χ0) is 12.8. The Morgan fingerprint density at radius 2 is 2.06 bits per heavy atom. The Kier molecular flexibility index (Phi) is 6.93. The largest absolute Gasteiger partial charge is 0.449 e. The van der Waals surface area contributed by atoms with Crippen molar-refractivity contribution >= 4 is 32.2 Å². The quantitative estimate of drug-likeness (QED) is 0.744. The third-order valence-corrected chi connectivity index (χ3v) is 3.68. The van der Waals surface area contributed by atoms with Gasteiger partial charge < -0.3 is 4.74 Å². The number of nitrogens with zero attached hydrogens (tertiary/aromatic N) is 1. The molecule has 0 aliphatic carbocycles. The molecule has 16 heavy (non-hydrogen) atoms. The second kappa shape index (κ2) is 7.08. The Bertz CT molecular complexity index is 318. The van der Waals surface area contributed by atoms with Gasteiger partial charge in [0, 0.05) is 17.9 Å². The molecule has 0 radical (unpaired) electrons. The first-order valence-electron chi connectivity index (χ1n) is 4.87. The average molecular weight is 317 g/mol. The summed E-state index contributed by atoms with van der Waals surface area (Å²) in [4.78, 5) is 11.0. The van der Waals surface area contributed by atoms with Crippen LogP contribution in [0, 0.1) is 0 Å². The highest BCUT2D eigenvalue weighted by Gasteiger charge is 2.26. The highest BCUT2D eigenvalue weighted by Crippen LogP contribution is 2.05. The van der Waals surface area contributed by atoms with Crippen LogP contribution in [-0.4, -0.2) is 43.3 Å². The van der Waals surface area contributed by atoms with Gasteiger partial charge in [0.25, 0.3) is 0 Å². The molecular formula is C8H17BrN2O4S. The smallest absolute Gasteiger partial charge is 0.421 e. The van der Waals surface area contributed by atoms with Crippen LogP contribution in [0.5, 0.6) is 0 Å². The van der Waals surface area contributed by atoms with Crippen molar-refractivity contribution in [3.8, 4) is 0 Å². The van der Waals surface area contributed by atoms with Gasteiger partial charge in [0.1, 0.15) is 0 Å². The number of alkyl halides is 1. The maximum Gasteiger partial charge on any atom is 0.421 e. The molecular weight excluding hydrogens is 300 g/mol. The number of ether oxygens (including phenoxy) is 1. The number of hydrogen-bond acceptors (Lipinski definition) is 4. The molecule has 0 unspecified atom stereocenters. The van der Waals surface area contributed by atoms with Crippen LogP contribution in [0.2, 0.25) is 0 Å². The SMILES string of the molecule is CCOC(=O)NS(=O)(=O)N(CCBr)C(C)C. The van der Waals surface area contributed by atoms with Gasteiger partial charge in [-0.2, -0.15) is 12.7 Å². The predicted octanol–water partition coefficient (Wildman–Crippen LogP) is 1.08. The molecule has 0 aromatic heterocycles. The summed E-state index contributed by atoms with van der Waals surface area (Å²) < 4.78 is 31.0. The van der Waals surface area contributed by atoms with E-state index in [4.69, 9.17) is 0 Å². The van der Waals surface area contributed by atoms with Crippen molar-refractivity contribution < 1.29 is 17.9 Å². The van der Waals surface area contributed by atoms with Gasteiger partial charge >= 0.3 is 16.3 Å². The molecule has 1 amide bonds. The molecule has 0 saturated carbocycles. The van der Waals surface area contributed by atoms with Crippen molar-refractivity contribution in [1.29, 1.82) is 0 Å². The molecule has 0 fully saturated rings. The predicted molar refractivity (Wildman–Crippen MR) is 64.7 cm³/mol. The van der Waals surface area contributed by atoms with E-state index >= 15 is 0 Å². The Morgan fingerprint density at radius 1 is 1.50 bits per heavy atom. The average Bonchev–Trinajstić information content (AvgIpc) is 2.12. The lowest BCUT2D eigenvalue weighted by Gasteiger charge is -2.24. The number of carbonyl (C=O) groups is 1. The van der Waals surface area contributed by atoms with Crippen molar-refractivity contribution in [3.63, 3.8) is 0 Å². The fourth-order valence-electron chi connectivity index (χ4n) is 1.06. The number of carbonyl (C=O) groups excluding carboxylic acids is 1. The zero-order valence-electron chi connectivity index (χ0n) is 9.57. The molecule has 0 spiro atoms. The van der Waals surface area contributed by atoms with Crippen LogP contribution in [0.1, 0.15) is 20.8 Å². The van der Waals surface area contributed by atoms with Gasteiger partial charge in [-0.1, -0.05) is 15.9 Å².